The maximum absolute atomic E-state index is 5.83. The molecule has 1 aliphatic carbocycles. The summed E-state index contributed by atoms with van der Waals surface area (Å²) in [4.78, 5) is 7.34. The van der Waals surface area contributed by atoms with Gasteiger partial charge in [0.15, 0.2) is 0 Å². The number of morpholine rings is 1. The highest BCUT2D eigenvalue weighted by Gasteiger charge is 2.30. The summed E-state index contributed by atoms with van der Waals surface area (Å²) in [5.41, 5.74) is 7.72. The van der Waals surface area contributed by atoms with Gasteiger partial charge < -0.3 is 10.5 Å². The Morgan fingerprint density at radius 2 is 1.67 bits per heavy atom. The zero-order valence-corrected chi connectivity index (χ0v) is 14.0. The standard InChI is InChI=1S/C17H31N3O/c1-12(15(4)18)9-19-16-5-7-17(8-6-16)20-10-13(2)21-14(3)11-20/h9,13-14,16-17H,5-8,10-11,18H2,1-4H3/b15-12-,19-9?. The molecule has 0 spiro atoms. The van der Waals surface area contributed by atoms with Gasteiger partial charge in [0.2, 0.25) is 0 Å². The van der Waals surface area contributed by atoms with Crippen LogP contribution in [-0.4, -0.2) is 48.5 Å². The molecular formula is C17H31N3O. The molecule has 1 saturated heterocycles. The van der Waals surface area contributed by atoms with Crippen LogP contribution in [0.3, 0.4) is 0 Å². The molecule has 2 rings (SSSR count). The molecule has 4 heteroatoms. The van der Waals surface area contributed by atoms with E-state index in [-0.39, 0.29) is 0 Å². The summed E-state index contributed by atoms with van der Waals surface area (Å²) in [7, 11) is 0. The lowest BCUT2D eigenvalue weighted by Gasteiger charge is -2.42. The van der Waals surface area contributed by atoms with E-state index < -0.39 is 0 Å². The number of hydrogen-bond acceptors (Lipinski definition) is 4. The second-order valence-corrected chi connectivity index (χ2v) is 6.82. The summed E-state index contributed by atoms with van der Waals surface area (Å²) in [6.07, 6.45) is 7.59. The van der Waals surface area contributed by atoms with Gasteiger partial charge in [-0.3, -0.25) is 9.89 Å². The number of ether oxygens (including phenoxy) is 1. The van der Waals surface area contributed by atoms with Crippen LogP contribution in [0.1, 0.15) is 53.4 Å². The van der Waals surface area contributed by atoms with Crippen molar-refractivity contribution in [3.05, 3.63) is 11.3 Å². The summed E-state index contributed by atoms with van der Waals surface area (Å²) in [6.45, 7) is 10.5. The summed E-state index contributed by atoms with van der Waals surface area (Å²) < 4.78 is 5.83. The first-order valence-corrected chi connectivity index (χ1v) is 8.31. The number of aliphatic imine (C=N–C) groups is 1. The molecular weight excluding hydrogens is 262 g/mol. The van der Waals surface area contributed by atoms with Crippen LogP contribution in [0.2, 0.25) is 0 Å². The average molecular weight is 293 g/mol. The second-order valence-electron chi connectivity index (χ2n) is 6.82. The normalized spacial score (nSPS) is 36.8. The van der Waals surface area contributed by atoms with E-state index >= 15 is 0 Å². The molecule has 0 aromatic heterocycles. The van der Waals surface area contributed by atoms with Gasteiger partial charge in [-0.1, -0.05) is 0 Å². The van der Waals surface area contributed by atoms with E-state index in [0.717, 1.165) is 30.4 Å². The lowest BCUT2D eigenvalue weighted by Crippen LogP contribution is -2.51. The number of rotatable bonds is 3. The average Bonchev–Trinajstić information content (AvgIpc) is 2.44. The molecule has 0 aromatic rings. The minimum absolute atomic E-state index is 0.366. The van der Waals surface area contributed by atoms with Crippen molar-refractivity contribution in [3.8, 4) is 0 Å². The maximum atomic E-state index is 5.83. The first-order chi connectivity index (χ1) is 9.95. The third kappa shape index (κ3) is 4.82. The molecule has 120 valence electrons. The van der Waals surface area contributed by atoms with Crippen LogP contribution in [0.25, 0.3) is 0 Å². The van der Waals surface area contributed by atoms with Crippen molar-refractivity contribution >= 4 is 6.21 Å². The Hall–Kier alpha value is -0.870. The molecule has 1 aliphatic heterocycles. The van der Waals surface area contributed by atoms with Crippen molar-refractivity contribution in [3.63, 3.8) is 0 Å². The lowest BCUT2D eigenvalue weighted by molar-refractivity contribution is -0.0843. The van der Waals surface area contributed by atoms with E-state index in [1.54, 1.807) is 0 Å². The fourth-order valence-electron chi connectivity index (χ4n) is 3.41. The third-order valence-electron chi connectivity index (χ3n) is 4.73. The van der Waals surface area contributed by atoms with E-state index in [1.165, 1.54) is 25.7 Å². The number of hydrogen-bond donors (Lipinski definition) is 1. The van der Waals surface area contributed by atoms with E-state index in [1.807, 2.05) is 20.1 Å². The Bertz CT molecular complexity index is 383. The predicted octanol–water partition coefficient (Wildman–Crippen LogP) is 2.73. The lowest BCUT2D eigenvalue weighted by atomic mass is 9.90. The summed E-state index contributed by atoms with van der Waals surface area (Å²) in [5, 5.41) is 0. The molecule has 21 heavy (non-hydrogen) atoms. The zero-order chi connectivity index (χ0) is 15.4. The Balaban J connectivity index is 1.82. The molecule has 2 aliphatic rings. The highest BCUT2D eigenvalue weighted by Crippen LogP contribution is 2.27. The largest absolute Gasteiger partial charge is 0.402 e. The van der Waals surface area contributed by atoms with Gasteiger partial charge in [-0.2, -0.15) is 0 Å². The molecule has 1 saturated carbocycles. The zero-order valence-electron chi connectivity index (χ0n) is 14.0. The Labute approximate surface area is 129 Å². The minimum Gasteiger partial charge on any atom is -0.402 e. The maximum Gasteiger partial charge on any atom is 0.0678 e. The summed E-state index contributed by atoms with van der Waals surface area (Å²) in [6, 6.07) is 1.20. The van der Waals surface area contributed by atoms with E-state index in [9.17, 15) is 0 Å². The van der Waals surface area contributed by atoms with Crippen molar-refractivity contribution in [1.82, 2.24) is 4.90 Å². The Kier molecular flexibility index (Phi) is 5.82. The fourth-order valence-corrected chi connectivity index (χ4v) is 3.41. The predicted molar refractivity (Wildman–Crippen MR) is 88.7 cm³/mol. The van der Waals surface area contributed by atoms with Crippen molar-refractivity contribution < 1.29 is 4.74 Å². The molecule has 0 bridgehead atoms. The first-order valence-electron chi connectivity index (χ1n) is 8.31. The van der Waals surface area contributed by atoms with Crippen LogP contribution in [0.5, 0.6) is 0 Å². The molecule has 2 N–H and O–H groups in total. The van der Waals surface area contributed by atoms with Crippen LogP contribution in [0.15, 0.2) is 16.3 Å². The van der Waals surface area contributed by atoms with Crippen molar-refractivity contribution in [1.29, 1.82) is 0 Å². The number of allylic oxidation sites excluding steroid dienone is 2. The monoisotopic (exact) mass is 293 g/mol. The fraction of sp³-hybridized carbons (Fsp3) is 0.824. The van der Waals surface area contributed by atoms with Gasteiger partial charge in [0, 0.05) is 31.0 Å². The molecule has 2 unspecified atom stereocenters. The van der Waals surface area contributed by atoms with Gasteiger partial charge in [-0.25, -0.2) is 0 Å². The van der Waals surface area contributed by atoms with Gasteiger partial charge in [-0.15, -0.1) is 0 Å². The van der Waals surface area contributed by atoms with Gasteiger partial charge in [0.05, 0.1) is 18.2 Å². The quantitative estimate of drug-likeness (QED) is 0.814. The molecule has 0 amide bonds. The number of nitrogens with two attached hydrogens (primary N) is 1. The molecule has 0 radical (unpaired) electrons. The van der Waals surface area contributed by atoms with Crippen molar-refractivity contribution in [2.24, 2.45) is 10.7 Å². The smallest absolute Gasteiger partial charge is 0.0678 e. The third-order valence-corrected chi connectivity index (χ3v) is 4.73. The molecule has 2 fully saturated rings. The topological polar surface area (TPSA) is 50.8 Å². The van der Waals surface area contributed by atoms with Crippen LogP contribution < -0.4 is 5.73 Å². The Morgan fingerprint density at radius 3 is 2.19 bits per heavy atom. The van der Waals surface area contributed by atoms with E-state index in [0.29, 0.717) is 18.2 Å². The van der Waals surface area contributed by atoms with Crippen LogP contribution in [0.4, 0.5) is 0 Å². The Morgan fingerprint density at radius 1 is 1.10 bits per heavy atom. The van der Waals surface area contributed by atoms with Crippen LogP contribution >= 0.6 is 0 Å². The van der Waals surface area contributed by atoms with Crippen molar-refractivity contribution in [2.45, 2.75) is 77.7 Å². The van der Waals surface area contributed by atoms with Gasteiger partial charge in [0.25, 0.3) is 0 Å². The van der Waals surface area contributed by atoms with Crippen molar-refractivity contribution in [2.75, 3.05) is 13.1 Å². The highest BCUT2D eigenvalue weighted by atomic mass is 16.5. The number of nitrogens with zero attached hydrogens (tertiary/aromatic N) is 2. The second kappa shape index (κ2) is 7.41. The minimum atomic E-state index is 0.366. The van der Waals surface area contributed by atoms with Crippen LogP contribution in [0, 0.1) is 0 Å². The van der Waals surface area contributed by atoms with E-state index in [4.69, 9.17) is 15.5 Å². The molecule has 2 atom stereocenters. The summed E-state index contributed by atoms with van der Waals surface area (Å²) in [5.74, 6) is 0. The SMILES string of the molecule is C/C(N)=C(\C)C=NC1CCC(N2CC(C)OC(C)C2)CC1. The molecule has 1 heterocycles. The first kappa shape index (κ1) is 16.5. The van der Waals surface area contributed by atoms with Gasteiger partial charge in [0.1, 0.15) is 0 Å². The highest BCUT2D eigenvalue weighted by molar-refractivity contribution is 5.78. The van der Waals surface area contributed by atoms with Crippen LogP contribution in [-0.2, 0) is 4.74 Å². The van der Waals surface area contributed by atoms with Gasteiger partial charge >= 0.3 is 0 Å². The summed E-state index contributed by atoms with van der Waals surface area (Å²) >= 11 is 0. The van der Waals surface area contributed by atoms with E-state index in [2.05, 4.69) is 18.7 Å². The van der Waals surface area contributed by atoms with Gasteiger partial charge in [-0.05, 0) is 59.0 Å². The molecule has 0 aromatic carbocycles. The molecule has 4 nitrogen and oxygen atoms in total.